The van der Waals surface area contributed by atoms with Crippen molar-refractivity contribution in [2.75, 3.05) is 13.1 Å². The zero-order valence-electron chi connectivity index (χ0n) is 7.69. The van der Waals surface area contributed by atoms with E-state index in [1.807, 2.05) is 0 Å². The van der Waals surface area contributed by atoms with E-state index in [0.717, 1.165) is 12.1 Å². The van der Waals surface area contributed by atoms with Crippen molar-refractivity contribution < 1.29 is 8.78 Å². The highest BCUT2D eigenvalue weighted by Crippen LogP contribution is 2.31. The van der Waals surface area contributed by atoms with Gasteiger partial charge in [0.1, 0.15) is 0 Å². The van der Waals surface area contributed by atoms with Gasteiger partial charge in [0.15, 0.2) is 11.6 Å². The zero-order chi connectivity index (χ0) is 10.3. The Morgan fingerprint density at radius 2 is 1.80 bits per heavy atom. The lowest BCUT2D eigenvalue weighted by Gasteiger charge is -2.40. The lowest BCUT2D eigenvalue weighted by molar-refractivity contribution is 0.284. The van der Waals surface area contributed by atoms with Crippen LogP contribution in [-0.2, 0) is 5.54 Å². The summed E-state index contributed by atoms with van der Waals surface area (Å²) in [5.74, 6) is -1.73. The Hall–Kier alpha value is -0.230. The molecular weight excluding hydrogens is 289 g/mol. The first-order valence-electron chi connectivity index (χ1n) is 4.17. The summed E-state index contributed by atoms with van der Waals surface area (Å²) in [5, 5.41) is 3.00. The van der Waals surface area contributed by atoms with Crippen molar-refractivity contribution in [3.63, 3.8) is 0 Å². The number of halogens is 4. The number of hydrogen-bond donors (Lipinski definition) is 2. The second-order valence-corrected chi connectivity index (χ2v) is 4.36. The van der Waals surface area contributed by atoms with Crippen LogP contribution in [0.3, 0.4) is 0 Å². The van der Waals surface area contributed by atoms with Gasteiger partial charge in [-0.05, 0) is 17.7 Å². The first-order chi connectivity index (χ1) is 6.53. The van der Waals surface area contributed by atoms with Crippen LogP contribution in [0.2, 0.25) is 0 Å². The van der Waals surface area contributed by atoms with Crippen LogP contribution in [0, 0.1) is 11.6 Å². The van der Waals surface area contributed by atoms with E-state index in [1.54, 1.807) is 0 Å². The molecular formula is C9H10BrClF2N2. The summed E-state index contributed by atoms with van der Waals surface area (Å²) in [6.07, 6.45) is 0. The molecule has 1 aliphatic heterocycles. The number of hydrogen-bond acceptors (Lipinski definition) is 2. The maximum Gasteiger partial charge on any atom is 0.159 e. The van der Waals surface area contributed by atoms with Crippen LogP contribution in [0.15, 0.2) is 16.6 Å². The van der Waals surface area contributed by atoms with Crippen molar-refractivity contribution in [2.24, 2.45) is 5.73 Å². The Balaban J connectivity index is 0.00000112. The monoisotopic (exact) mass is 298 g/mol. The van der Waals surface area contributed by atoms with Crippen molar-refractivity contribution in [3.8, 4) is 0 Å². The van der Waals surface area contributed by atoms with Crippen LogP contribution in [0.1, 0.15) is 5.56 Å². The van der Waals surface area contributed by atoms with Crippen LogP contribution in [0.5, 0.6) is 0 Å². The largest absolute Gasteiger partial charge is 0.319 e. The van der Waals surface area contributed by atoms with Gasteiger partial charge < -0.3 is 11.1 Å². The van der Waals surface area contributed by atoms with Crippen LogP contribution in [-0.4, -0.2) is 13.1 Å². The fraction of sp³-hybridized carbons (Fsp3) is 0.333. The molecule has 0 bridgehead atoms. The summed E-state index contributed by atoms with van der Waals surface area (Å²) >= 11 is 3.18. The normalized spacial score (nSPS) is 17.9. The van der Waals surface area contributed by atoms with E-state index >= 15 is 0 Å². The van der Waals surface area contributed by atoms with Crippen molar-refractivity contribution in [2.45, 2.75) is 5.54 Å². The molecule has 1 saturated heterocycles. The van der Waals surface area contributed by atoms with Gasteiger partial charge in [-0.25, -0.2) is 8.78 Å². The topological polar surface area (TPSA) is 38.0 Å². The number of benzene rings is 1. The molecule has 6 heteroatoms. The Bertz CT molecular complexity index is 383. The van der Waals surface area contributed by atoms with Gasteiger partial charge in [-0.15, -0.1) is 12.4 Å². The lowest BCUT2D eigenvalue weighted by Crippen LogP contribution is -2.62. The number of nitrogens with one attached hydrogen (secondary N) is 1. The molecule has 0 unspecified atom stereocenters. The van der Waals surface area contributed by atoms with E-state index in [-0.39, 0.29) is 12.4 Å². The van der Waals surface area contributed by atoms with E-state index in [1.165, 1.54) is 0 Å². The SMILES string of the molecule is Cl.NC1(c2cc(F)c(F)cc2Br)CNC1. The minimum atomic E-state index is -0.864. The molecule has 2 rings (SSSR count). The molecule has 0 amide bonds. The Kier molecular flexibility index (Phi) is 3.71. The quantitative estimate of drug-likeness (QED) is 0.778. The molecule has 1 aromatic carbocycles. The molecule has 1 heterocycles. The summed E-state index contributed by atoms with van der Waals surface area (Å²) in [7, 11) is 0. The van der Waals surface area contributed by atoms with Gasteiger partial charge in [-0.2, -0.15) is 0 Å². The molecule has 1 fully saturated rings. The molecule has 3 N–H and O–H groups in total. The molecule has 15 heavy (non-hydrogen) atoms. The average molecular weight is 300 g/mol. The zero-order valence-corrected chi connectivity index (χ0v) is 10.1. The van der Waals surface area contributed by atoms with Gasteiger partial charge in [-0.1, -0.05) is 15.9 Å². The summed E-state index contributed by atoms with van der Waals surface area (Å²) in [6, 6.07) is 2.26. The average Bonchev–Trinajstić information content (AvgIpc) is 2.07. The first kappa shape index (κ1) is 12.8. The van der Waals surface area contributed by atoms with Gasteiger partial charge in [0.05, 0.1) is 5.54 Å². The summed E-state index contributed by atoms with van der Waals surface area (Å²) in [5.41, 5.74) is 5.99. The van der Waals surface area contributed by atoms with E-state index in [0.29, 0.717) is 23.1 Å². The Morgan fingerprint density at radius 1 is 1.27 bits per heavy atom. The molecule has 84 valence electrons. The summed E-state index contributed by atoms with van der Waals surface area (Å²) in [6.45, 7) is 1.16. The van der Waals surface area contributed by atoms with Crippen molar-refractivity contribution >= 4 is 28.3 Å². The maximum absolute atomic E-state index is 13.0. The molecule has 0 saturated carbocycles. The standard InChI is InChI=1S/C9H9BrF2N2.ClH/c10-6-2-8(12)7(11)1-5(6)9(13)3-14-4-9;/h1-2,14H,3-4,13H2;1H. The smallest absolute Gasteiger partial charge is 0.159 e. The van der Waals surface area contributed by atoms with Crippen molar-refractivity contribution in [1.29, 1.82) is 0 Å². The van der Waals surface area contributed by atoms with Gasteiger partial charge >= 0.3 is 0 Å². The van der Waals surface area contributed by atoms with Crippen molar-refractivity contribution in [3.05, 3.63) is 33.8 Å². The molecule has 0 atom stereocenters. The van der Waals surface area contributed by atoms with Crippen LogP contribution >= 0.6 is 28.3 Å². The molecule has 0 aliphatic carbocycles. The van der Waals surface area contributed by atoms with Gasteiger partial charge in [0.2, 0.25) is 0 Å². The van der Waals surface area contributed by atoms with Crippen LogP contribution in [0.25, 0.3) is 0 Å². The van der Waals surface area contributed by atoms with E-state index in [4.69, 9.17) is 5.73 Å². The van der Waals surface area contributed by atoms with Crippen molar-refractivity contribution in [1.82, 2.24) is 5.32 Å². The second kappa shape index (κ2) is 4.33. The third kappa shape index (κ3) is 2.15. The molecule has 1 aromatic rings. The molecule has 0 aromatic heterocycles. The second-order valence-electron chi connectivity index (χ2n) is 3.51. The predicted molar refractivity (Wildman–Crippen MR) is 60.0 cm³/mol. The highest BCUT2D eigenvalue weighted by atomic mass is 79.9. The third-order valence-electron chi connectivity index (χ3n) is 2.43. The molecule has 2 nitrogen and oxygen atoms in total. The minimum absolute atomic E-state index is 0. The minimum Gasteiger partial charge on any atom is -0.319 e. The summed E-state index contributed by atoms with van der Waals surface area (Å²) in [4.78, 5) is 0. The van der Waals surface area contributed by atoms with Gasteiger partial charge in [0.25, 0.3) is 0 Å². The Labute approximate surface area is 101 Å². The fourth-order valence-corrected chi connectivity index (χ4v) is 2.20. The summed E-state index contributed by atoms with van der Waals surface area (Å²) < 4.78 is 26.3. The first-order valence-corrected chi connectivity index (χ1v) is 4.97. The fourth-order valence-electron chi connectivity index (χ4n) is 1.49. The molecule has 1 aliphatic rings. The number of nitrogens with two attached hydrogens (primary N) is 1. The van der Waals surface area contributed by atoms with E-state index in [9.17, 15) is 8.78 Å². The highest BCUT2D eigenvalue weighted by Gasteiger charge is 2.36. The van der Waals surface area contributed by atoms with Gasteiger partial charge in [-0.3, -0.25) is 0 Å². The van der Waals surface area contributed by atoms with Gasteiger partial charge in [0, 0.05) is 17.6 Å². The predicted octanol–water partition coefficient (Wildman–Crippen LogP) is 1.91. The van der Waals surface area contributed by atoms with E-state index < -0.39 is 17.2 Å². The Morgan fingerprint density at radius 3 is 2.27 bits per heavy atom. The third-order valence-corrected chi connectivity index (χ3v) is 3.08. The number of rotatable bonds is 1. The van der Waals surface area contributed by atoms with Crippen LogP contribution < -0.4 is 11.1 Å². The molecule has 0 radical (unpaired) electrons. The van der Waals surface area contributed by atoms with Crippen LogP contribution in [0.4, 0.5) is 8.78 Å². The highest BCUT2D eigenvalue weighted by molar-refractivity contribution is 9.10. The molecule has 0 spiro atoms. The maximum atomic E-state index is 13.0. The lowest BCUT2D eigenvalue weighted by atomic mass is 9.85. The van der Waals surface area contributed by atoms with E-state index in [2.05, 4.69) is 21.2 Å².